The Bertz CT molecular complexity index is 698. The standard InChI is InChI=1S/C19H19N3O/c20-14-15-9-11-16(12-10-15)19(23)22(17-6-2-1-3-7-17)18-8-4-5-13-21-18/h4-5,8-13,17H,1-3,6-7H2. The molecule has 23 heavy (non-hydrogen) atoms. The molecule has 0 atom stereocenters. The van der Waals surface area contributed by atoms with E-state index in [-0.39, 0.29) is 11.9 Å². The van der Waals surface area contributed by atoms with Crippen molar-refractivity contribution in [2.45, 2.75) is 38.1 Å². The first-order chi connectivity index (χ1) is 11.3. The largest absolute Gasteiger partial charge is 0.290 e. The van der Waals surface area contributed by atoms with Crippen molar-refractivity contribution >= 4 is 11.7 Å². The highest BCUT2D eigenvalue weighted by Crippen LogP contribution is 2.27. The Kier molecular flexibility index (Phi) is 4.68. The van der Waals surface area contributed by atoms with Crippen molar-refractivity contribution in [1.82, 2.24) is 4.98 Å². The molecule has 4 nitrogen and oxygen atoms in total. The molecule has 116 valence electrons. The number of carbonyl (C=O) groups excluding carboxylic acids is 1. The third-order valence-electron chi connectivity index (χ3n) is 4.32. The smallest absolute Gasteiger partial charge is 0.259 e. The number of aromatic nitrogens is 1. The second kappa shape index (κ2) is 7.06. The van der Waals surface area contributed by atoms with Crippen molar-refractivity contribution in [3.05, 3.63) is 59.8 Å². The lowest BCUT2D eigenvalue weighted by Crippen LogP contribution is -2.42. The second-order valence-electron chi connectivity index (χ2n) is 5.84. The fourth-order valence-corrected chi connectivity index (χ4v) is 3.12. The van der Waals surface area contributed by atoms with Crippen LogP contribution in [0, 0.1) is 11.3 Å². The maximum absolute atomic E-state index is 13.0. The number of benzene rings is 1. The van der Waals surface area contributed by atoms with Gasteiger partial charge in [-0.3, -0.25) is 9.69 Å². The van der Waals surface area contributed by atoms with E-state index < -0.39 is 0 Å². The van der Waals surface area contributed by atoms with Gasteiger partial charge in [0.1, 0.15) is 5.82 Å². The zero-order valence-corrected chi connectivity index (χ0v) is 13.0. The Morgan fingerprint density at radius 2 is 1.83 bits per heavy atom. The van der Waals surface area contributed by atoms with Gasteiger partial charge in [0, 0.05) is 17.8 Å². The van der Waals surface area contributed by atoms with E-state index in [1.165, 1.54) is 6.42 Å². The molecule has 1 aromatic heterocycles. The molecular formula is C19H19N3O. The quantitative estimate of drug-likeness (QED) is 0.863. The predicted molar refractivity (Wildman–Crippen MR) is 89.1 cm³/mol. The summed E-state index contributed by atoms with van der Waals surface area (Å²) in [6, 6.07) is 14.7. The van der Waals surface area contributed by atoms with Crippen molar-refractivity contribution < 1.29 is 4.79 Å². The molecule has 2 aromatic rings. The topological polar surface area (TPSA) is 57.0 Å². The van der Waals surface area contributed by atoms with Gasteiger partial charge in [-0.15, -0.1) is 0 Å². The lowest BCUT2D eigenvalue weighted by molar-refractivity contribution is 0.0969. The molecule has 1 saturated carbocycles. The van der Waals surface area contributed by atoms with Crippen LogP contribution < -0.4 is 4.90 Å². The van der Waals surface area contributed by atoms with Crippen LogP contribution >= 0.6 is 0 Å². The molecule has 0 radical (unpaired) electrons. The number of anilines is 1. The molecule has 0 saturated heterocycles. The summed E-state index contributed by atoms with van der Waals surface area (Å²) in [7, 11) is 0. The van der Waals surface area contributed by atoms with Crippen LogP contribution in [0.1, 0.15) is 48.0 Å². The zero-order chi connectivity index (χ0) is 16.1. The number of hydrogen-bond acceptors (Lipinski definition) is 3. The Labute approximate surface area is 136 Å². The first-order valence-electron chi connectivity index (χ1n) is 8.04. The van der Waals surface area contributed by atoms with Gasteiger partial charge >= 0.3 is 0 Å². The van der Waals surface area contributed by atoms with Crippen LogP contribution in [0.5, 0.6) is 0 Å². The molecule has 1 aliphatic carbocycles. The zero-order valence-electron chi connectivity index (χ0n) is 13.0. The number of pyridine rings is 1. The lowest BCUT2D eigenvalue weighted by atomic mass is 9.93. The van der Waals surface area contributed by atoms with Crippen LogP contribution in [-0.4, -0.2) is 16.9 Å². The van der Waals surface area contributed by atoms with Crippen molar-refractivity contribution in [2.24, 2.45) is 0 Å². The van der Waals surface area contributed by atoms with Gasteiger partial charge in [-0.05, 0) is 49.2 Å². The molecule has 1 aliphatic rings. The lowest BCUT2D eigenvalue weighted by Gasteiger charge is -2.33. The minimum Gasteiger partial charge on any atom is -0.290 e. The summed E-state index contributed by atoms with van der Waals surface area (Å²) in [5, 5.41) is 8.90. The van der Waals surface area contributed by atoms with Crippen molar-refractivity contribution in [2.75, 3.05) is 4.90 Å². The molecule has 0 spiro atoms. The first kappa shape index (κ1) is 15.2. The molecule has 3 rings (SSSR count). The van der Waals surface area contributed by atoms with Crippen LogP contribution in [-0.2, 0) is 0 Å². The van der Waals surface area contributed by atoms with Gasteiger partial charge in [0.15, 0.2) is 0 Å². The number of amides is 1. The van der Waals surface area contributed by atoms with E-state index in [1.807, 2.05) is 23.1 Å². The molecule has 4 heteroatoms. The number of hydrogen-bond donors (Lipinski definition) is 0. The van der Waals surface area contributed by atoms with Crippen molar-refractivity contribution in [1.29, 1.82) is 5.26 Å². The Balaban J connectivity index is 1.93. The van der Waals surface area contributed by atoms with E-state index >= 15 is 0 Å². The van der Waals surface area contributed by atoms with E-state index in [0.717, 1.165) is 25.7 Å². The number of nitrogens with zero attached hydrogens (tertiary/aromatic N) is 3. The Morgan fingerprint density at radius 3 is 2.43 bits per heavy atom. The number of nitriles is 1. The van der Waals surface area contributed by atoms with E-state index in [4.69, 9.17) is 5.26 Å². The molecular weight excluding hydrogens is 286 g/mol. The maximum atomic E-state index is 13.0. The first-order valence-corrected chi connectivity index (χ1v) is 8.04. The molecule has 1 aromatic carbocycles. The van der Waals surface area contributed by atoms with E-state index in [1.54, 1.807) is 30.5 Å². The van der Waals surface area contributed by atoms with Crippen LogP contribution in [0.4, 0.5) is 5.82 Å². The molecule has 1 heterocycles. The molecule has 0 N–H and O–H groups in total. The molecule has 0 bridgehead atoms. The van der Waals surface area contributed by atoms with Gasteiger partial charge in [0.05, 0.1) is 11.6 Å². The number of rotatable bonds is 3. The van der Waals surface area contributed by atoms with Crippen LogP contribution in [0.3, 0.4) is 0 Å². The molecule has 1 amide bonds. The van der Waals surface area contributed by atoms with E-state index in [0.29, 0.717) is 16.9 Å². The molecule has 1 fully saturated rings. The average molecular weight is 305 g/mol. The van der Waals surface area contributed by atoms with Gasteiger partial charge in [-0.1, -0.05) is 25.3 Å². The highest BCUT2D eigenvalue weighted by Gasteiger charge is 2.28. The summed E-state index contributed by atoms with van der Waals surface area (Å²) in [6.07, 6.45) is 7.27. The van der Waals surface area contributed by atoms with Gasteiger partial charge in [0.2, 0.25) is 0 Å². The summed E-state index contributed by atoms with van der Waals surface area (Å²) in [6.45, 7) is 0. The van der Waals surface area contributed by atoms with Gasteiger partial charge in [0.25, 0.3) is 5.91 Å². The van der Waals surface area contributed by atoms with Gasteiger partial charge < -0.3 is 0 Å². The second-order valence-corrected chi connectivity index (χ2v) is 5.84. The molecule has 0 unspecified atom stereocenters. The van der Waals surface area contributed by atoms with Crippen LogP contribution in [0.2, 0.25) is 0 Å². The predicted octanol–water partition coefficient (Wildman–Crippen LogP) is 3.93. The van der Waals surface area contributed by atoms with E-state index in [9.17, 15) is 4.79 Å². The summed E-state index contributed by atoms with van der Waals surface area (Å²) in [5.74, 6) is 0.661. The minimum absolute atomic E-state index is 0.0416. The van der Waals surface area contributed by atoms with Crippen LogP contribution in [0.25, 0.3) is 0 Å². The molecule has 0 aliphatic heterocycles. The van der Waals surface area contributed by atoms with Crippen molar-refractivity contribution in [3.8, 4) is 6.07 Å². The third kappa shape index (κ3) is 3.40. The maximum Gasteiger partial charge on any atom is 0.259 e. The summed E-state index contributed by atoms with van der Waals surface area (Å²) >= 11 is 0. The fraction of sp³-hybridized carbons (Fsp3) is 0.316. The number of carbonyl (C=O) groups is 1. The van der Waals surface area contributed by atoms with Gasteiger partial charge in [-0.25, -0.2) is 4.98 Å². The highest BCUT2D eigenvalue weighted by molar-refractivity contribution is 6.06. The van der Waals surface area contributed by atoms with E-state index in [2.05, 4.69) is 11.1 Å². The fourth-order valence-electron chi connectivity index (χ4n) is 3.12. The summed E-state index contributed by atoms with van der Waals surface area (Å²) < 4.78 is 0. The van der Waals surface area contributed by atoms with Crippen LogP contribution in [0.15, 0.2) is 48.7 Å². The van der Waals surface area contributed by atoms with Gasteiger partial charge in [-0.2, -0.15) is 5.26 Å². The summed E-state index contributed by atoms with van der Waals surface area (Å²) in [4.78, 5) is 19.3. The third-order valence-corrected chi connectivity index (χ3v) is 4.32. The monoisotopic (exact) mass is 305 g/mol. The Morgan fingerprint density at radius 1 is 1.09 bits per heavy atom. The highest BCUT2D eigenvalue weighted by atomic mass is 16.2. The average Bonchev–Trinajstić information content (AvgIpc) is 2.64. The Hall–Kier alpha value is -2.67. The minimum atomic E-state index is -0.0416. The summed E-state index contributed by atoms with van der Waals surface area (Å²) in [5.41, 5.74) is 1.16. The SMILES string of the molecule is N#Cc1ccc(C(=O)N(c2ccccn2)C2CCCCC2)cc1. The normalized spacial score (nSPS) is 14.9. The van der Waals surface area contributed by atoms with Crippen molar-refractivity contribution in [3.63, 3.8) is 0 Å².